The Morgan fingerprint density at radius 3 is 2.50 bits per heavy atom. The molecule has 0 spiro atoms. The van der Waals surface area contributed by atoms with E-state index in [9.17, 15) is 9.18 Å². The van der Waals surface area contributed by atoms with Crippen LogP contribution in [0.1, 0.15) is 24.0 Å². The average molecular weight is 450 g/mol. The zero-order chi connectivity index (χ0) is 22.3. The first kappa shape index (κ1) is 21.8. The van der Waals surface area contributed by atoms with Crippen LogP contribution in [0.15, 0.2) is 72.8 Å². The van der Waals surface area contributed by atoms with Crippen LogP contribution in [0.4, 0.5) is 15.8 Å². The third-order valence-corrected chi connectivity index (χ3v) is 5.43. The van der Waals surface area contributed by atoms with E-state index in [1.54, 1.807) is 17.0 Å². The molecule has 0 unspecified atom stereocenters. The lowest BCUT2D eigenvalue weighted by Crippen LogP contribution is -2.28. The van der Waals surface area contributed by atoms with E-state index in [2.05, 4.69) is 10.6 Å². The topological polar surface area (TPSA) is 53.6 Å². The van der Waals surface area contributed by atoms with Gasteiger partial charge in [0.05, 0.1) is 0 Å². The van der Waals surface area contributed by atoms with Crippen LogP contribution in [-0.2, 0) is 17.9 Å². The van der Waals surface area contributed by atoms with Crippen molar-refractivity contribution in [3.8, 4) is 5.75 Å². The Balaban J connectivity index is 1.25. The molecule has 3 aromatic carbocycles. The summed E-state index contributed by atoms with van der Waals surface area (Å²) in [6.45, 7) is 1.71. The molecule has 1 fully saturated rings. The van der Waals surface area contributed by atoms with Crippen molar-refractivity contribution in [3.63, 3.8) is 0 Å². The first-order chi connectivity index (χ1) is 15.6. The van der Waals surface area contributed by atoms with Crippen LogP contribution >= 0.6 is 12.2 Å². The van der Waals surface area contributed by atoms with Crippen molar-refractivity contribution in [2.45, 2.75) is 26.0 Å². The number of benzene rings is 3. The summed E-state index contributed by atoms with van der Waals surface area (Å²) in [7, 11) is 0. The molecule has 0 bridgehead atoms. The number of thiocarbonyl (C=S) groups is 1. The number of hydrogen-bond acceptors (Lipinski definition) is 3. The van der Waals surface area contributed by atoms with Gasteiger partial charge in [-0.2, -0.15) is 0 Å². The molecule has 2 N–H and O–H groups in total. The third kappa shape index (κ3) is 5.82. The molecule has 5 nitrogen and oxygen atoms in total. The molecule has 1 aliphatic rings. The quantitative estimate of drug-likeness (QED) is 0.496. The summed E-state index contributed by atoms with van der Waals surface area (Å²) >= 11 is 5.41. The number of rotatable bonds is 7. The molecule has 1 saturated heterocycles. The van der Waals surface area contributed by atoms with Crippen LogP contribution in [0.2, 0.25) is 0 Å². The number of carbonyl (C=O) groups excluding carboxylic acids is 1. The van der Waals surface area contributed by atoms with Crippen molar-refractivity contribution < 1.29 is 13.9 Å². The van der Waals surface area contributed by atoms with Crippen molar-refractivity contribution >= 4 is 34.6 Å². The van der Waals surface area contributed by atoms with Crippen LogP contribution in [0.3, 0.4) is 0 Å². The monoisotopic (exact) mass is 449 g/mol. The molecule has 32 heavy (non-hydrogen) atoms. The maximum absolute atomic E-state index is 13.0. The van der Waals surface area contributed by atoms with Crippen molar-refractivity contribution in [3.05, 3.63) is 89.7 Å². The minimum atomic E-state index is -0.257. The number of amides is 1. The van der Waals surface area contributed by atoms with Gasteiger partial charge in [0.1, 0.15) is 18.2 Å². The average Bonchev–Trinajstić information content (AvgIpc) is 3.24. The molecular weight excluding hydrogens is 425 g/mol. The lowest BCUT2D eigenvalue weighted by atomic mass is 10.2. The van der Waals surface area contributed by atoms with E-state index in [1.165, 1.54) is 12.1 Å². The number of halogens is 1. The molecule has 0 atom stereocenters. The van der Waals surface area contributed by atoms with Gasteiger partial charge in [0.2, 0.25) is 5.91 Å². The van der Waals surface area contributed by atoms with E-state index < -0.39 is 0 Å². The third-order valence-electron chi connectivity index (χ3n) is 5.18. The van der Waals surface area contributed by atoms with Gasteiger partial charge in [-0.25, -0.2) is 4.39 Å². The standard InChI is InChI=1S/C25H24FN3O2S/c26-20-10-6-19(7-11-20)17-31-23-12-8-18(9-13-23)16-27-25(32)28-21-3-1-4-22(15-21)29-14-2-5-24(29)30/h1,3-4,6-13,15H,2,5,14,16-17H2,(H2,27,28,32). The van der Waals surface area contributed by atoms with Crippen LogP contribution in [0, 0.1) is 5.82 Å². The van der Waals surface area contributed by atoms with Gasteiger partial charge in [-0.15, -0.1) is 0 Å². The number of nitrogens with one attached hydrogen (secondary N) is 2. The van der Waals surface area contributed by atoms with Gasteiger partial charge in [0.25, 0.3) is 0 Å². The molecule has 0 saturated carbocycles. The molecule has 7 heteroatoms. The zero-order valence-corrected chi connectivity index (χ0v) is 18.3. The number of nitrogens with zero attached hydrogens (tertiary/aromatic N) is 1. The summed E-state index contributed by atoms with van der Waals surface area (Å²) in [5, 5.41) is 6.87. The molecule has 0 radical (unpaired) electrons. The summed E-state index contributed by atoms with van der Waals surface area (Å²) in [6.07, 6.45) is 1.50. The number of ether oxygens (including phenoxy) is 1. The summed E-state index contributed by atoms with van der Waals surface area (Å²) in [4.78, 5) is 13.8. The van der Waals surface area contributed by atoms with Gasteiger partial charge in [-0.1, -0.05) is 30.3 Å². The van der Waals surface area contributed by atoms with Crippen LogP contribution in [0.5, 0.6) is 5.75 Å². The predicted octanol–water partition coefficient (Wildman–Crippen LogP) is 5.02. The first-order valence-corrected chi connectivity index (χ1v) is 10.9. The molecule has 0 aromatic heterocycles. The highest BCUT2D eigenvalue weighted by atomic mass is 32.1. The highest BCUT2D eigenvalue weighted by Crippen LogP contribution is 2.24. The van der Waals surface area contributed by atoms with Gasteiger partial charge in [-0.3, -0.25) is 4.79 Å². The van der Waals surface area contributed by atoms with E-state index in [4.69, 9.17) is 17.0 Å². The summed E-state index contributed by atoms with van der Waals surface area (Å²) < 4.78 is 18.7. The SMILES string of the molecule is O=C1CCCN1c1cccc(NC(=S)NCc2ccc(OCc3ccc(F)cc3)cc2)c1. The lowest BCUT2D eigenvalue weighted by Gasteiger charge is -2.17. The van der Waals surface area contributed by atoms with Crippen LogP contribution < -0.4 is 20.3 Å². The van der Waals surface area contributed by atoms with Gasteiger partial charge < -0.3 is 20.3 Å². The maximum atomic E-state index is 13.0. The van der Waals surface area contributed by atoms with E-state index in [0.717, 1.165) is 41.2 Å². The second-order valence-electron chi connectivity index (χ2n) is 7.57. The summed E-state index contributed by atoms with van der Waals surface area (Å²) in [6, 6.07) is 21.7. The Hall–Kier alpha value is -3.45. The molecule has 4 rings (SSSR count). The lowest BCUT2D eigenvalue weighted by molar-refractivity contribution is -0.117. The van der Waals surface area contributed by atoms with Crippen molar-refractivity contribution in [1.29, 1.82) is 0 Å². The molecule has 3 aromatic rings. The molecule has 0 aliphatic carbocycles. The Bertz CT molecular complexity index is 1090. The minimum Gasteiger partial charge on any atom is -0.489 e. The molecule has 164 valence electrons. The number of carbonyl (C=O) groups is 1. The first-order valence-electron chi connectivity index (χ1n) is 10.5. The zero-order valence-electron chi connectivity index (χ0n) is 17.5. The maximum Gasteiger partial charge on any atom is 0.227 e. The molecule has 1 heterocycles. The summed E-state index contributed by atoms with van der Waals surface area (Å²) in [5.41, 5.74) is 3.69. The van der Waals surface area contributed by atoms with E-state index in [-0.39, 0.29) is 11.7 Å². The fourth-order valence-electron chi connectivity index (χ4n) is 3.48. The van der Waals surface area contributed by atoms with Crippen LogP contribution in [0.25, 0.3) is 0 Å². The van der Waals surface area contributed by atoms with E-state index >= 15 is 0 Å². The van der Waals surface area contributed by atoms with Crippen LogP contribution in [-0.4, -0.2) is 17.6 Å². The van der Waals surface area contributed by atoms with Gasteiger partial charge >= 0.3 is 0 Å². The van der Waals surface area contributed by atoms with Gasteiger partial charge in [0, 0.05) is 30.9 Å². The number of anilines is 2. The second-order valence-corrected chi connectivity index (χ2v) is 7.97. The highest BCUT2D eigenvalue weighted by Gasteiger charge is 2.21. The van der Waals surface area contributed by atoms with Crippen molar-refractivity contribution in [2.75, 3.05) is 16.8 Å². The van der Waals surface area contributed by atoms with E-state index in [0.29, 0.717) is 24.7 Å². The number of hydrogen-bond donors (Lipinski definition) is 2. The molecule has 1 amide bonds. The molecule has 1 aliphatic heterocycles. The Kier molecular flexibility index (Phi) is 6.97. The van der Waals surface area contributed by atoms with Crippen molar-refractivity contribution in [1.82, 2.24) is 5.32 Å². The highest BCUT2D eigenvalue weighted by molar-refractivity contribution is 7.80. The second kappa shape index (κ2) is 10.2. The van der Waals surface area contributed by atoms with Gasteiger partial charge in [0.15, 0.2) is 5.11 Å². The summed E-state index contributed by atoms with van der Waals surface area (Å²) in [5.74, 6) is 0.646. The smallest absolute Gasteiger partial charge is 0.227 e. The normalized spacial score (nSPS) is 13.2. The van der Waals surface area contributed by atoms with Gasteiger partial charge in [-0.05, 0) is 72.2 Å². The Morgan fingerprint density at radius 1 is 1.03 bits per heavy atom. The van der Waals surface area contributed by atoms with Crippen molar-refractivity contribution in [2.24, 2.45) is 0 Å². The fourth-order valence-corrected chi connectivity index (χ4v) is 3.67. The van der Waals surface area contributed by atoms with E-state index in [1.807, 2.05) is 48.5 Å². The Morgan fingerprint density at radius 2 is 1.78 bits per heavy atom. The molecular formula is C25H24FN3O2S. The minimum absolute atomic E-state index is 0.160. The Labute approximate surface area is 192 Å². The largest absolute Gasteiger partial charge is 0.489 e. The predicted molar refractivity (Wildman–Crippen MR) is 128 cm³/mol. The fraction of sp³-hybridized carbons (Fsp3) is 0.200.